The first kappa shape index (κ1) is 21.3. The molecule has 0 atom stereocenters. The van der Waals surface area contributed by atoms with Crippen LogP contribution in [0.3, 0.4) is 0 Å². The van der Waals surface area contributed by atoms with Crippen molar-refractivity contribution in [2.75, 3.05) is 6.61 Å². The van der Waals surface area contributed by atoms with Gasteiger partial charge in [-0.05, 0) is 32.6 Å². The van der Waals surface area contributed by atoms with Crippen LogP contribution < -0.4 is 4.43 Å². The third-order valence-corrected chi connectivity index (χ3v) is 8.95. The van der Waals surface area contributed by atoms with Crippen molar-refractivity contribution in [3.8, 4) is 5.75 Å². The summed E-state index contributed by atoms with van der Waals surface area (Å²) in [6, 6.07) is 3.16. The minimum absolute atomic E-state index is 0.161. The number of unbranched alkanes of at least 4 members (excludes halogenated alkanes) is 4. The molecule has 0 radical (unpaired) electrons. The summed E-state index contributed by atoms with van der Waals surface area (Å²) in [6.45, 7) is 10.5. The maximum Gasteiger partial charge on any atom is 0.383 e. The van der Waals surface area contributed by atoms with Gasteiger partial charge in [-0.1, -0.05) is 32.6 Å². The van der Waals surface area contributed by atoms with Gasteiger partial charge in [-0.25, -0.2) is 8.78 Å². The van der Waals surface area contributed by atoms with Gasteiger partial charge in [0.15, 0.2) is 0 Å². The van der Waals surface area contributed by atoms with Crippen molar-refractivity contribution in [2.24, 2.45) is 0 Å². The molecule has 1 aromatic carbocycles. The Labute approximate surface area is 146 Å². The Morgan fingerprint density at radius 2 is 1.42 bits per heavy atom. The predicted octanol–water partition coefficient (Wildman–Crippen LogP) is 5.75. The molecule has 0 aliphatic carbocycles. The van der Waals surface area contributed by atoms with E-state index in [2.05, 4.69) is 6.92 Å². The van der Waals surface area contributed by atoms with E-state index in [9.17, 15) is 8.78 Å². The maximum atomic E-state index is 13.3. The fourth-order valence-corrected chi connectivity index (χ4v) is 9.00. The largest absolute Gasteiger partial charge is 0.521 e. The van der Waals surface area contributed by atoms with Crippen molar-refractivity contribution in [1.82, 2.24) is 0 Å². The summed E-state index contributed by atoms with van der Waals surface area (Å²) in [5.41, 5.74) is 0. The summed E-state index contributed by atoms with van der Waals surface area (Å²) in [5.74, 6) is -1.15. The van der Waals surface area contributed by atoms with Gasteiger partial charge in [-0.2, -0.15) is 0 Å². The SMILES string of the molecule is CCCCCCCO[Si](C)(C)O[Si](C)(C)Oc1cc(F)cc(F)c1. The molecule has 0 saturated carbocycles. The minimum Gasteiger partial charge on any atom is -0.521 e. The van der Waals surface area contributed by atoms with E-state index in [1.54, 1.807) is 0 Å². The monoisotopic (exact) mass is 376 g/mol. The van der Waals surface area contributed by atoms with Crippen LogP contribution in [-0.2, 0) is 8.54 Å². The number of hydrogen-bond acceptors (Lipinski definition) is 3. The highest BCUT2D eigenvalue weighted by Crippen LogP contribution is 2.23. The molecule has 0 N–H and O–H groups in total. The zero-order chi connectivity index (χ0) is 18.2. The standard InChI is InChI=1S/C17H30F2O3Si2/c1-6-7-8-9-10-11-20-23(2,3)22-24(4,5)21-17-13-15(18)12-16(19)14-17/h12-14H,6-11H2,1-5H3. The quantitative estimate of drug-likeness (QED) is 0.363. The normalized spacial score (nSPS) is 12.5. The fraction of sp³-hybridized carbons (Fsp3) is 0.647. The van der Waals surface area contributed by atoms with Crippen LogP contribution in [0.25, 0.3) is 0 Å². The van der Waals surface area contributed by atoms with Gasteiger partial charge >= 0.3 is 17.1 Å². The molecule has 0 saturated heterocycles. The summed E-state index contributed by atoms with van der Waals surface area (Å²) in [7, 11) is -4.94. The van der Waals surface area contributed by atoms with Crippen LogP contribution in [0.1, 0.15) is 39.0 Å². The summed E-state index contributed by atoms with van der Waals surface area (Å²) < 4.78 is 44.4. The molecule has 1 aromatic rings. The molecule has 0 spiro atoms. The molecule has 0 aliphatic rings. The fourth-order valence-electron chi connectivity index (χ4n) is 2.54. The molecule has 0 heterocycles. The van der Waals surface area contributed by atoms with Gasteiger partial charge in [0, 0.05) is 24.8 Å². The Bertz CT molecular complexity index is 490. The highest BCUT2D eigenvalue weighted by Gasteiger charge is 2.37. The van der Waals surface area contributed by atoms with Gasteiger partial charge in [0.05, 0.1) is 0 Å². The molecule has 0 aliphatic heterocycles. The van der Waals surface area contributed by atoms with Crippen LogP contribution in [0.15, 0.2) is 18.2 Å². The molecule has 0 fully saturated rings. The van der Waals surface area contributed by atoms with Crippen molar-refractivity contribution in [2.45, 2.75) is 65.2 Å². The summed E-state index contributed by atoms with van der Waals surface area (Å²) in [4.78, 5) is 0. The molecule has 138 valence electrons. The highest BCUT2D eigenvalue weighted by atomic mass is 28.5. The van der Waals surface area contributed by atoms with E-state index in [0.717, 1.165) is 18.9 Å². The molecule has 3 nitrogen and oxygen atoms in total. The van der Waals surface area contributed by atoms with Crippen molar-refractivity contribution >= 4 is 17.1 Å². The first-order valence-electron chi connectivity index (χ1n) is 8.63. The average Bonchev–Trinajstić information content (AvgIpc) is 2.39. The van der Waals surface area contributed by atoms with E-state index in [-0.39, 0.29) is 5.75 Å². The van der Waals surface area contributed by atoms with E-state index in [1.165, 1.54) is 31.4 Å². The number of halogens is 2. The second kappa shape index (κ2) is 9.65. The van der Waals surface area contributed by atoms with Gasteiger partial charge in [-0.3, -0.25) is 0 Å². The van der Waals surface area contributed by atoms with E-state index >= 15 is 0 Å². The van der Waals surface area contributed by atoms with Crippen molar-refractivity contribution in [1.29, 1.82) is 0 Å². The van der Waals surface area contributed by atoms with Gasteiger partial charge in [0.2, 0.25) is 0 Å². The van der Waals surface area contributed by atoms with Crippen molar-refractivity contribution in [3.63, 3.8) is 0 Å². The maximum absolute atomic E-state index is 13.3. The number of hydrogen-bond donors (Lipinski definition) is 0. The first-order chi connectivity index (χ1) is 11.1. The topological polar surface area (TPSA) is 27.7 Å². The van der Waals surface area contributed by atoms with E-state index in [1.807, 2.05) is 26.2 Å². The number of benzene rings is 1. The van der Waals surface area contributed by atoms with E-state index in [4.69, 9.17) is 13.0 Å². The molecular formula is C17H30F2O3Si2. The molecule has 0 aromatic heterocycles. The third-order valence-electron chi connectivity index (χ3n) is 3.39. The summed E-state index contributed by atoms with van der Waals surface area (Å²) in [6.07, 6.45) is 5.91. The zero-order valence-corrected chi connectivity index (χ0v) is 17.5. The van der Waals surface area contributed by atoms with Crippen LogP contribution in [0.2, 0.25) is 26.2 Å². The lowest BCUT2D eigenvalue weighted by molar-refractivity contribution is 0.224. The summed E-state index contributed by atoms with van der Waals surface area (Å²) >= 11 is 0. The first-order valence-corrected chi connectivity index (χ1v) is 14.3. The highest BCUT2D eigenvalue weighted by molar-refractivity contribution is 6.79. The molecule has 0 bridgehead atoms. The average molecular weight is 377 g/mol. The molecule has 24 heavy (non-hydrogen) atoms. The lowest BCUT2D eigenvalue weighted by Crippen LogP contribution is -2.50. The predicted molar refractivity (Wildman–Crippen MR) is 97.7 cm³/mol. The van der Waals surface area contributed by atoms with Crippen LogP contribution in [0.5, 0.6) is 5.75 Å². The van der Waals surface area contributed by atoms with Gasteiger partial charge in [-0.15, -0.1) is 0 Å². The smallest absolute Gasteiger partial charge is 0.383 e. The Morgan fingerprint density at radius 3 is 2.00 bits per heavy atom. The second-order valence-electron chi connectivity index (χ2n) is 6.87. The second-order valence-corrected chi connectivity index (χ2v) is 13.8. The molecule has 0 amide bonds. The number of rotatable bonds is 11. The van der Waals surface area contributed by atoms with Crippen molar-refractivity contribution < 1.29 is 21.7 Å². The van der Waals surface area contributed by atoms with E-state index < -0.39 is 28.8 Å². The molecule has 0 unspecified atom stereocenters. The van der Waals surface area contributed by atoms with Gasteiger partial charge in [0.25, 0.3) is 0 Å². The Kier molecular flexibility index (Phi) is 8.55. The summed E-state index contributed by atoms with van der Waals surface area (Å²) in [5, 5.41) is 0. The third kappa shape index (κ3) is 8.91. The van der Waals surface area contributed by atoms with Crippen LogP contribution in [0, 0.1) is 11.6 Å². The Hall–Kier alpha value is -0.766. The lowest BCUT2D eigenvalue weighted by Gasteiger charge is -2.32. The molecule has 1 rings (SSSR count). The molecule has 7 heteroatoms. The molecular weight excluding hydrogens is 346 g/mol. The minimum atomic E-state index is -2.60. The zero-order valence-electron chi connectivity index (χ0n) is 15.5. The van der Waals surface area contributed by atoms with Gasteiger partial charge < -0.3 is 13.0 Å². The van der Waals surface area contributed by atoms with Crippen LogP contribution in [0.4, 0.5) is 8.78 Å². The van der Waals surface area contributed by atoms with Crippen LogP contribution >= 0.6 is 0 Å². The van der Waals surface area contributed by atoms with Gasteiger partial charge in [0.1, 0.15) is 17.4 Å². The van der Waals surface area contributed by atoms with E-state index in [0.29, 0.717) is 6.61 Å². The lowest BCUT2D eigenvalue weighted by atomic mass is 10.2. The Balaban J connectivity index is 2.48. The van der Waals surface area contributed by atoms with Crippen LogP contribution in [-0.4, -0.2) is 23.7 Å². The Morgan fingerprint density at radius 1 is 0.833 bits per heavy atom. The van der Waals surface area contributed by atoms with Crippen molar-refractivity contribution in [3.05, 3.63) is 29.8 Å².